The SMILES string of the molecule is CCOC1CCC2CC(/C=N/Nc3nc(-c4ccccc4)c4cc(Cl)ccc4n3)C(=O)NC2C1. The van der Waals surface area contributed by atoms with Crippen LogP contribution in [0.4, 0.5) is 5.95 Å². The number of ether oxygens (including phenoxy) is 1. The summed E-state index contributed by atoms with van der Waals surface area (Å²) in [7, 11) is 0. The molecule has 2 aromatic carbocycles. The van der Waals surface area contributed by atoms with E-state index in [0.29, 0.717) is 23.5 Å². The summed E-state index contributed by atoms with van der Waals surface area (Å²) in [6.45, 7) is 2.73. The highest BCUT2D eigenvalue weighted by Crippen LogP contribution is 2.34. The molecule has 1 aromatic heterocycles. The molecular formula is C26H28ClN5O2. The maximum absolute atomic E-state index is 12.7. The number of carbonyl (C=O) groups is 1. The van der Waals surface area contributed by atoms with Crippen LogP contribution in [0.25, 0.3) is 22.2 Å². The lowest BCUT2D eigenvalue weighted by molar-refractivity contribution is -0.128. The average molecular weight is 478 g/mol. The summed E-state index contributed by atoms with van der Waals surface area (Å²) in [5.74, 6) is 0.571. The van der Waals surface area contributed by atoms with Gasteiger partial charge in [-0.2, -0.15) is 5.10 Å². The number of halogens is 1. The van der Waals surface area contributed by atoms with Crippen LogP contribution in [0.15, 0.2) is 53.6 Å². The van der Waals surface area contributed by atoms with Gasteiger partial charge in [-0.25, -0.2) is 15.4 Å². The zero-order valence-corrected chi connectivity index (χ0v) is 19.8. The largest absolute Gasteiger partial charge is 0.378 e. The van der Waals surface area contributed by atoms with E-state index in [9.17, 15) is 4.79 Å². The Balaban J connectivity index is 1.32. The summed E-state index contributed by atoms with van der Waals surface area (Å²) in [6.07, 6.45) is 5.72. The molecule has 2 fully saturated rings. The minimum Gasteiger partial charge on any atom is -0.378 e. The highest BCUT2D eigenvalue weighted by Gasteiger charge is 2.39. The number of rotatable bonds is 6. The lowest BCUT2D eigenvalue weighted by atomic mass is 9.75. The van der Waals surface area contributed by atoms with Crippen molar-refractivity contribution in [2.24, 2.45) is 16.9 Å². The zero-order chi connectivity index (χ0) is 23.5. The van der Waals surface area contributed by atoms with Crippen molar-refractivity contribution in [2.75, 3.05) is 12.0 Å². The van der Waals surface area contributed by atoms with Crippen molar-refractivity contribution < 1.29 is 9.53 Å². The standard InChI is InChI=1S/C26H28ClN5O2/c1-2-34-20-10-8-17-12-18(25(33)29-23(17)14-20)15-28-32-26-30-22-11-9-19(27)13-21(22)24(31-26)16-6-4-3-5-7-16/h3-7,9,11,13,15,17-18,20,23H,2,8,10,12,14H2,1H3,(H,29,33)(H,30,31,32)/b28-15+. The number of carbonyl (C=O) groups excluding carboxylic acids is 1. The third-order valence-corrected chi connectivity index (χ3v) is 6.93. The summed E-state index contributed by atoms with van der Waals surface area (Å²) in [6, 6.07) is 15.6. The molecule has 0 radical (unpaired) electrons. The molecule has 4 atom stereocenters. The number of amides is 1. The monoisotopic (exact) mass is 477 g/mol. The summed E-state index contributed by atoms with van der Waals surface area (Å²) in [5, 5.41) is 9.03. The minimum absolute atomic E-state index is 0.0167. The van der Waals surface area contributed by atoms with Gasteiger partial charge >= 0.3 is 0 Å². The van der Waals surface area contributed by atoms with E-state index < -0.39 is 0 Å². The molecule has 1 saturated heterocycles. The van der Waals surface area contributed by atoms with Gasteiger partial charge in [0.2, 0.25) is 11.9 Å². The molecule has 34 heavy (non-hydrogen) atoms. The Bertz CT molecular complexity index is 1200. The molecule has 1 aliphatic carbocycles. The van der Waals surface area contributed by atoms with Crippen molar-refractivity contribution in [3.8, 4) is 11.3 Å². The van der Waals surface area contributed by atoms with Gasteiger partial charge in [0, 0.05) is 34.8 Å². The Morgan fingerprint density at radius 1 is 1.18 bits per heavy atom. The molecule has 1 saturated carbocycles. The predicted octanol–water partition coefficient (Wildman–Crippen LogP) is 5.06. The van der Waals surface area contributed by atoms with E-state index in [1.54, 1.807) is 6.21 Å². The second kappa shape index (κ2) is 10.1. The number of aromatic nitrogens is 2. The molecule has 4 unspecified atom stereocenters. The Hall–Kier alpha value is -3.03. The lowest BCUT2D eigenvalue weighted by Gasteiger charge is -2.41. The van der Waals surface area contributed by atoms with Gasteiger partial charge in [-0.05, 0) is 56.7 Å². The van der Waals surface area contributed by atoms with Gasteiger partial charge in [0.15, 0.2) is 0 Å². The van der Waals surface area contributed by atoms with E-state index >= 15 is 0 Å². The van der Waals surface area contributed by atoms with Gasteiger partial charge in [-0.1, -0.05) is 41.9 Å². The van der Waals surface area contributed by atoms with E-state index in [4.69, 9.17) is 21.3 Å². The van der Waals surface area contributed by atoms with Crippen LogP contribution < -0.4 is 10.7 Å². The van der Waals surface area contributed by atoms with Crippen LogP contribution in [0.2, 0.25) is 5.02 Å². The molecule has 8 heteroatoms. The van der Waals surface area contributed by atoms with Crippen molar-refractivity contribution >= 4 is 40.6 Å². The van der Waals surface area contributed by atoms with Crippen LogP contribution in [0.1, 0.15) is 32.6 Å². The van der Waals surface area contributed by atoms with Crippen molar-refractivity contribution in [2.45, 2.75) is 44.8 Å². The molecule has 0 spiro atoms. The quantitative estimate of drug-likeness (QED) is 0.382. The molecule has 1 amide bonds. The summed E-state index contributed by atoms with van der Waals surface area (Å²) >= 11 is 6.23. The van der Waals surface area contributed by atoms with Gasteiger partial charge in [-0.3, -0.25) is 4.79 Å². The number of nitrogens with one attached hydrogen (secondary N) is 2. The third kappa shape index (κ3) is 4.91. The first-order chi connectivity index (χ1) is 16.6. The molecule has 0 bridgehead atoms. The molecule has 1 aliphatic heterocycles. The molecule has 176 valence electrons. The molecule has 2 N–H and O–H groups in total. The second-order valence-corrected chi connectivity index (χ2v) is 9.36. The molecule has 7 nitrogen and oxygen atoms in total. The van der Waals surface area contributed by atoms with Crippen molar-refractivity contribution in [3.05, 3.63) is 53.6 Å². The fourth-order valence-electron chi connectivity index (χ4n) is 5.04. The van der Waals surface area contributed by atoms with E-state index in [0.717, 1.165) is 47.8 Å². The van der Waals surface area contributed by atoms with Crippen LogP contribution in [0.3, 0.4) is 0 Å². The Labute approximate surface area is 204 Å². The highest BCUT2D eigenvalue weighted by atomic mass is 35.5. The smallest absolute Gasteiger partial charge is 0.244 e. The number of hydrogen-bond donors (Lipinski definition) is 2. The topological polar surface area (TPSA) is 88.5 Å². The van der Waals surface area contributed by atoms with Crippen LogP contribution >= 0.6 is 11.6 Å². The number of benzene rings is 2. The normalized spacial score (nSPS) is 24.7. The maximum Gasteiger partial charge on any atom is 0.244 e. The molecule has 5 rings (SSSR count). The summed E-state index contributed by atoms with van der Waals surface area (Å²) < 4.78 is 5.78. The number of piperidine rings is 1. The van der Waals surface area contributed by atoms with Crippen LogP contribution in [-0.4, -0.2) is 40.8 Å². The first kappa shape index (κ1) is 22.7. The third-order valence-electron chi connectivity index (χ3n) is 6.69. The summed E-state index contributed by atoms with van der Waals surface area (Å²) in [5.41, 5.74) is 5.44. The van der Waals surface area contributed by atoms with Gasteiger partial charge in [0.05, 0.1) is 23.2 Å². The van der Waals surface area contributed by atoms with Gasteiger partial charge in [0.25, 0.3) is 0 Å². The van der Waals surface area contributed by atoms with E-state index in [1.807, 2.05) is 55.5 Å². The van der Waals surface area contributed by atoms with Gasteiger partial charge in [-0.15, -0.1) is 0 Å². The first-order valence-electron chi connectivity index (χ1n) is 11.8. The van der Waals surface area contributed by atoms with Crippen molar-refractivity contribution in [1.29, 1.82) is 0 Å². The van der Waals surface area contributed by atoms with Gasteiger partial charge < -0.3 is 10.1 Å². The molecule has 2 aliphatic rings. The molecule has 2 heterocycles. The fraction of sp³-hybridized carbons (Fsp3) is 0.385. The predicted molar refractivity (Wildman–Crippen MR) is 135 cm³/mol. The number of nitrogens with zero attached hydrogens (tertiary/aromatic N) is 3. The van der Waals surface area contributed by atoms with Crippen molar-refractivity contribution in [1.82, 2.24) is 15.3 Å². The van der Waals surface area contributed by atoms with Crippen molar-refractivity contribution in [3.63, 3.8) is 0 Å². The molecule has 3 aromatic rings. The zero-order valence-electron chi connectivity index (χ0n) is 19.1. The Morgan fingerprint density at radius 2 is 2.03 bits per heavy atom. The Morgan fingerprint density at radius 3 is 2.85 bits per heavy atom. The van der Waals surface area contributed by atoms with Gasteiger partial charge in [0.1, 0.15) is 0 Å². The Kier molecular flexibility index (Phi) is 6.74. The van der Waals surface area contributed by atoms with Crippen LogP contribution in [0, 0.1) is 11.8 Å². The lowest BCUT2D eigenvalue weighted by Crippen LogP contribution is -2.53. The van der Waals surface area contributed by atoms with E-state index in [2.05, 4.69) is 20.8 Å². The number of anilines is 1. The summed E-state index contributed by atoms with van der Waals surface area (Å²) in [4.78, 5) is 22.0. The number of fused-ring (bicyclic) bond motifs is 2. The van der Waals surface area contributed by atoms with E-state index in [1.165, 1.54) is 0 Å². The van der Waals surface area contributed by atoms with Crippen LogP contribution in [0.5, 0.6) is 0 Å². The van der Waals surface area contributed by atoms with E-state index in [-0.39, 0.29) is 24.0 Å². The second-order valence-electron chi connectivity index (χ2n) is 8.92. The number of hydrogen-bond acceptors (Lipinski definition) is 6. The maximum atomic E-state index is 12.7. The minimum atomic E-state index is -0.273. The number of hydrazone groups is 1. The average Bonchev–Trinajstić information content (AvgIpc) is 2.85. The highest BCUT2D eigenvalue weighted by molar-refractivity contribution is 6.31. The van der Waals surface area contributed by atoms with Crippen LogP contribution in [-0.2, 0) is 9.53 Å². The first-order valence-corrected chi connectivity index (χ1v) is 12.2. The fourth-order valence-corrected chi connectivity index (χ4v) is 5.22. The molecular weight excluding hydrogens is 450 g/mol.